The van der Waals surface area contributed by atoms with E-state index < -0.39 is 11.9 Å². The molecule has 0 bridgehead atoms. The molecule has 1 aliphatic rings. The number of carbonyl (C=O) groups is 1. The molecule has 0 amide bonds. The molecule has 0 aliphatic carbocycles. The Hall–Kier alpha value is -2.83. The number of carboxylic acid groups (broad SMARTS) is 1. The third kappa shape index (κ3) is 3.10. The summed E-state index contributed by atoms with van der Waals surface area (Å²) in [5, 5.41) is 9.21. The lowest BCUT2D eigenvalue weighted by atomic mass is 9.98. The lowest BCUT2D eigenvalue weighted by Gasteiger charge is -2.31. The Morgan fingerprint density at radius 3 is 2.75 bits per heavy atom. The van der Waals surface area contributed by atoms with Crippen LogP contribution in [0.5, 0.6) is 5.75 Å². The predicted octanol–water partition coefficient (Wildman–Crippen LogP) is 1.54. The predicted molar refractivity (Wildman–Crippen MR) is 89.0 cm³/mol. The molecule has 3 rings (SSSR count). The molecule has 1 aromatic carbocycles. The molecule has 1 aliphatic heterocycles. The van der Waals surface area contributed by atoms with E-state index >= 15 is 0 Å². The number of hydrogen-bond donors (Lipinski definition) is 1. The molecule has 1 saturated heterocycles. The van der Waals surface area contributed by atoms with Gasteiger partial charge < -0.3 is 14.7 Å². The fourth-order valence-corrected chi connectivity index (χ4v) is 2.94. The molecule has 1 atom stereocenters. The molecule has 24 heavy (non-hydrogen) atoms. The van der Waals surface area contributed by atoms with Crippen molar-refractivity contribution in [2.24, 2.45) is 5.92 Å². The van der Waals surface area contributed by atoms with Crippen LogP contribution in [0, 0.1) is 5.92 Å². The Labute approximate surface area is 139 Å². The Balaban J connectivity index is 1.93. The van der Waals surface area contributed by atoms with E-state index in [1.54, 1.807) is 48.7 Å². The molecule has 1 fully saturated rings. The van der Waals surface area contributed by atoms with Crippen LogP contribution in [0.4, 0.5) is 5.82 Å². The molecular formula is C17H19N3O4. The van der Waals surface area contributed by atoms with Crippen molar-refractivity contribution in [1.82, 2.24) is 9.55 Å². The van der Waals surface area contributed by atoms with Crippen molar-refractivity contribution in [1.29, 1.82) is 0 Å². The minimum Gasteiger partial charge on any atom is -0.497 e. The molecule has 1 N–H and O–H groups in total. The number of methoxy groups -OCH3 is 1. The van der Waals surface area contributed by atoms with E-state index in [4.69, 9.17) is 4.74 Å². The van der Waals surface area contributed by atoms with Gasteiger partial charge in [0, 0.05) is 31.2 Å². The van der Waals surface area contributed by atoms with Crippen LogP contribution in [0.1, 0.15) is 12.8 Å². The van der Waals surface area contributed by atoms with Crippen LogP contribution < -0.4 is 15.2 Å². The number of piperidine rings is 1. The van der Waals surface area contributed by atoms with Crippen LogP contribution in [-0.2, 0) is 4.79 Å². The SMILES string of the molecule is COc1ccc(-n2ccnc(N3CCCC(C(=O)O)C3)c2=O)cc1. The summed E-state index contributed by atoms with van der Waals surface area (Å²) in [6.07, 6.45) is 4.53. The number of ether oxygens (including phenoxy) is 1. The number of carboxylic acids is 1. The van der Waals surface area contributed by atoms with Gasteiger partial charge in [-0.15, -0.1) is 0 Å². The van der Waals surface area contributed by atoms with Gasteiger partial charge in [0.2, 0.25) is 0 Å². The van der Waals surface area contributed by atoms with Crippen LogP contribution in [0.25, 0.3) is 5.69 Å². The lowest BCUT2D eigenvalue weighted by molar-refractivity contribution is -0.141. The number of hydrogen-bond acceptors (Lipinski definition) is 5. The minimum absolute atomic E-state index is 0.256. The van der Waals surface area contributed by atoms with Gasteiger partial charge in [-0.05, 0) is 37.1 Å². The molecule has 0 saturated carbocycles. The third-order valence-corrected chi connectivity index (χ3v) is 4.24. The molecule has 0 radical (unpaired) electrons. The lowest BCUT2D eigenvalue weighted by Crippen LogP contribution is -2.42. The maximum absolute atomic E-state index is 12.8. The van der Waals surface area contributed by atoms with Crippen LogP contribution in [0.3, 0.4) is 0 Å². The monoisotopic (exact) mass is 329 g/mol. The zero-order valence-corrected chi connectivity index (χ0v) is 13.4. The highest BCUT2D eigenvalue weighted by Gasteiger charge is 2.27. The zero-order chi connectivity index (χ0) is 17.1. The summed E-state index contributed by atoms with van der Waals surface area (Å²) in [6, 6.07) is 7.15. The van der Waals surface area contributed by atoms with Crippen LogP contribution >= 0.6 is 0 Å². The molecule has 126 valence electrons. The molecule has 2 aromatic rings. The summed E-state index contributed by atoms with van der Waals surface area (Å²) in [7, 11) is 1.58. The van der Waals surface area contributed by atoms with Crippen molar-refractivity contribution in [2.75, 3.05) is 25.1 Å². The standard InChI is InChI=1S/C17H19N3O4/c1-24-14-6-4-13(5-7-14)20-10-8-18-15(16(20)21)19-9-2-3-12(11-19)17(22)23/h4-8,10,12H,2-3,9,11H2,1H3,(H,22,23). The molecule has 2 heterocycles. The molecule has 0 spiro atoms. The Bertz CT molecular complexity index is 785. The van der Waals surface area contributed by atoms with Crippen LogP contribution in [0.2, 0.25) is 0 Å². The van der Waals surface area contributed by atoms with Gasteiger partial charge in [0.25, 0.3) is 5.56 Å². The van der Waals surface area contributed by atoms with Crippen molar-refractivity contribution < 1.29 is 14.6 Å². The topological polar surface area (TPSA) is 84.7 Å². The quantitative estimate of drug-likeness (QED) is 0.916. The van der Waals surface area contributed by atoms with E-state index in [0.717, 1.165) is 6.42 Å². The van der Waals surface area contributed by atoms with E-state index in [0.29, 0.717) is 36.8 Å². The van der Waals surface area contributed by atoms with Gasteiger partial charge >= 0.3 is 5.97 Å². The number of aliphatic carboxylic acids is 1. The van der Waals surface area contributed by atoms with Crippen molar-refractivity contribution in [2.45, 2.75) is 12.8 Å². The third-order valence-electron chi connectivity index (χ3n) is 4.24. The molecule has 1 aromatic heterocycles. The van der Waals surface area contributed by atoms with E-state index in [1.807, 2.05) is 0 Å². The minimum atomic E-state index is -0.828. The zero-order valence-electron chi connectivity index (χ0n) is 13.4. The Morgan fingerprint density at radius 2 is 2.08 bits per heavy atom. The van der Waals surface area contributed by atoms with E-state index in [9.17, 15) is 14.7 Å². The largest absolute Gasteiger partial charge is 0.497 e. The highest BCUT2D eigenvalue weighted by Crippen LogP contribution is 2.20. The Morgan fingerprint density at radius 1 is 1.33 bits per heavy atom. The van der Waals surface area contributed by atoms with Gasteiger partial charge in [0.05, 0.1) is 13.0 Å². The number of nitrogens with zero attached hydrogens (tertiary/aromatic N) is 3. The highest BCUT2D eigenvalue weighted by atomic mass is 16.5. The fourth-order valence-electron chi connectivity index (χ4n) is 2.94. The summed E-state index contributed by atoms with van der Waals surface area (Å²) in [6.45, 7) is 0.947. The summed E-state index contributed by atoms with van der Waals surface area (Å²) in [5.74, 6) is -0.290. The molecular weight excluding hydrogens is 310 g/mol. The van der Waals surface area contributed by atoms with Crippen molar-refractivity contribution in [3.05, 3.63) is 47.0 Å². The molecule has 7 heteroatoms. The summed E-state index contributed by atoms with van der Waals surface area (Å²) < 4.78 is 6.63. The first-order valence-electron chi connectivity index (χ1n) is 7.80. The van der Waals surface area contributed by atoms with Crippen molar-refractivity contribution >= 4 is 11.8 Å². The number of rotatable bonds is 4. The first-order chi connectivity index (χ1) is 11.6. The second kappa shape index (κ2) is 6.74. The van der Waals surface area contributed by atoms with Gasteiger partial charge in [0.15, 0.2) is 5.82 Å². The van der Waals surface area contributed by atoms with Gasteiger partial charge in [-0.25, -0.2) is 4.98 Å². The van der Waals surface area contributed by atoms with Gasteiger partial charge in [0.1, 0.15) is 5.75 Å². The number of benzene rings is 1. The maximum atomic E-state index is 12.8. The summed E-state index contributed by atoms with van der Waals surface area (Å²) in [4.78, 5) is 30.0. The maximum Gasteiger partial charge on any atom is 0.308 e. The normalized spacial score (nSPS) is 17.5. The van der Waals surface area contributed by atoms with Gasteiger partial charge in [-0.1, -0.05) is 0 Å². The van der Waals surface area contributed by atoms with Crippen molar-refractivity contribution in [3.63, 3.8) is 0 Å². The number of aromatic nitrogens is 2. The second-order valence-corrected chi connectivity index (χ2v) is 5.75. The first kappa shape index (κ1) is 16.0. The summed E-state index contributed by atoms with van der Waals surface area (Å²) in [5.41, 5.74) is 0.449. The van der Waals surface area contributed by atoms with Crippen LogP contribution in [0.15, 0.2) is 41.5 Å². The number of anilines is 1. The fraction of sp³-hybridized carbons (Fsp3) is 0.353. The van der Waals surface area contributed by atoms with Crippen molar-refractivity contribution in [3.8, 4) is 11.4 Å². The van der Waals surface area contributed by atoms with E-state index in [2.05, 4.69) is 4.98 Å². The van der Waals surface area contributed by atoms with E-state index in [1.165, 1.54) is 4.57 Å². The second-order valence-electron chi connectivity index (χ2n) is 5.75. The highest BCUT2D eigenvalue weighted by molar-refractivity contribution is 5.71. The van der Waals surface area contributed by atoms with E-state index in [-0.39, 0.29) is 5.56 Å². The van der Waals surface area contributed by atoms with Crippen LogP contribution in [-0.4, -0.2) is 40.8 Å². The van der Waals surface area contributed by atoms with Gasteiger partial charge in [-0.3, -0.25) is 14.2 Å². The smallest absolute Gasteiger partial charge is 0.308 e. The Kier molecular flexibility index (Phi) is 4.50. The first-order valence-corrected chi connectivity index (χ1v) is 7.80. The average Bonchev–Trinajstić information content (AvgIpc) is 2.62. The van der Waals surface area contributed by atoms with Gasteiger partial charge in [-0.2, -0.15) is 0 Å². The average molecular weight is 329 g/mol. The molecule has 1 unspecified atom stereocenters. The summed E-state index contributed by atoms with van der Waals surface area (Å²) >= 11 is 0. The molecule has 7 nitrogen and oxygen atoms in total.